The minimum absolute atomic E-state index is 0.0364. The Morgan fingerprint density at radius 1 is 1.23 bits per heavy atom. The summed E-state index contributed by atoms with van der Waals surface area (Å²) in [6.45, 7) is 7.01. The number of piperazine rings is 1. The number of carbonyl (C=O) groups excluding carboxylic acids is 1. The third-order valence-electron chi connectivity index (χ3n) is 5.87. The van der Waals surface area contributed by atoms with Gasteiger partial charge in [0.1, 0.15) is 6.54 Å². The summed E-state index contributed by atoms with van der Waals surface area (Å²) in [5, 5.41) is 7.41. The first-order valence-electron chi connectivity index (χ1n) is 10.5. The second-order valence-corrected chi connectivity index (χ2v) is 7.94. The Morgan fingerprint density at radius 3 is 2.55 bits per heavy atom. The zero-order chi connectivity index (χ0) is 22.2. The van der Waals surface area contributed by atoms with Gasteiger partial charge in [-0.3, -0.25) is 9.48 Å². The Labute approximate surface area is 178 Å². The third kappa shape index (κ3) is 4.36. The molecule has 11 heteroatoms. The van der Waals surface area contributed by atoms with Crippen molar-refractivity contribution in [1.82, 2.24) is 30.0 Å². The first kappa shape index (κ1) is 21.5. The molecular formula is C20H26F3N7O. The SMILES string of the molecule is CCc1c(-c2cnn(CC(=O)N3CCNCC3)c2)nc(N2CC[C@@H]2C)nc1C(F)(F)F. The van der Waals surface area contributed by atoms with E-state index >= 15 is 0 Å². The molecule has 1 atom stereocenters. The van der Waals surface area contributed by atoms with Crippen LogP contribution in [0.5, 0.6) is 0 Å². The van der Waals surface area contributed by atoms with Gasteiger partial charge < -0.3 is 15.1 Å². The van der Waals surface area contributed by atoms with Crippen LogP contribution < -0.4 is 10.2 Å². The van der Waals surface area contributed by atoms with Gasteiger partial charge in [-0.1, -0.05) is 6.92 Å². The van der Waals surface area contributed by atoms with E-state index in [9.17, 15) is 18.0 Å². The maximum absolute atomic E-state index is 13.8. The number of halogens is 3. The molecule has 31 heavy (non-hydrogen) atoms. The fourth-order valence-electron chi connectivity index (χ4n) is 3.95. The van der Waals surface area contributed by atoms with Gasteiger partial charge in [-0.05, 0) is 19.8 Å². The van der Waals surface area contributed by atoms with Crippen LogP contribution in [0.4, 0.5) is 19.1 Å². The number of rotatable bonds is 5. The van der Waals surface area contributed by atoms with Gasteiger partial charge >= 0.3 is 6.18 Å². The highest BCUT2D eigenvalue weighted by molar-refractivity contribution is 5.76. The van der Waals surface area contributed by atoms with Crippen LogP contribution in [0.3, 0.4) is 0 Å². The molecule has 1 amide bonds. The summed E-state index contributed by atoms with van der Waals surface area (Å²) in [5.74, 6) is 0.0172. The molecule has 0 bridgehead atoms. The topological polar surface area (TPSA) is 79.2 Å². The zero-order valence-electron chi connectivity index (χ0n) is 17.6. The molecule has 0 spiro atoms. The second kappa shape index (κ2) is 8.45. The smallest absolute Gasteiger partial charge is 0.339 e. The molecule has 2 aliphatic heterocycles. The fraction of sp³-hybridized carbons (Fsp3) is 0.600. The molecule has 4 heterocycles. The molecule has 4 rings (SSSR count). The maximum atomic E-state index is 13.8. The predicted octanol–water partition coefficient (Wildman–Crippen LogP) is 1.95. The van der Waals surface area contributed by atoms with Crippen molar-refractivity contribution in [2.75, 3.05) is 37.6 Å². The fourth-order valence-corrected chi connectivity index (χ4v) is 3.95. The highest BCUT2D eigenvalue weighted by atomic mass is 19.4. The maximum Gasteiger partial charge on any atom is 0.433 e. The molecule has 0 saturated carbocycles. The molecule has 0 aromatic carbocycles. The molecule has 0 aliphatic carbocycles. The predicted molar refractivity (Wildman–Crippen MR) is 109 cm³/mol. The zero-order valence-corrected chi connectivity index (χ0v) is 17.6. The highest BCUT2D eigenvalue weighted by Gasteiger charge is 2.39. The van der Waals surface area contributed by atoms with E-state index in [1.165, 1.54) is 10.9 Å². The number of carbonyl (C=O) groups is 1. The van der Waals surface area contributed by atoms with Gasteiger partial charge in [0.15, 0.2) is 5.69 Å². The summed E-state index contributed by atoms with van der Waals surface area (Å²) in [6.07, 6.45) is -0.506. The first-order valence-corrected chi connectivity index (χ1v) is 10.5. The molecule has 168 valence electrons. The van der Waals surface area contributed by atoms with Gasteiger partial charge in [0, 0.05) is 56.1 Å². The van der Waals surface area contributed by atoms with Crippen LogP contribution in [-0.2, 0) is 23.9 Å². The summed E-state index contributed by atoms with van der Waals surface area (Å²) < 4.78 is 42.8. The third-order valence-corrected chi connectivity index (χ3v) is 5.87. The van der Waals surface area contributed by atoms with Crippen molar-refractivity contribution in [1.29, 1.82) is 0 Å². The number of hydrogen-bond donors (Lipinski definition) is 1. The van der Waals surface area contributed by atoms with Crippen LogP contribution in [0, 0.1) is 0 Å². The minimum atomic E-state index is -4.58. The number of alkyl halides is 3. The molecule has 1 N–H and O–H groups in total. The van der Waals surface area contributed by atoms with Crippen LogP contribution in [-0.4, -0.2) is 69.3 Å². The van der Waals surface area contributed by atoms with Crippen LogP contribution in [0.25, 0.3) is 11.3 Å². The quantitative estimate of drug-likeness (QED) is 0.771. The average Bonchev–Trinajstić information content (AvgIpc) is 3.20. The van der Waals surface area contributed by atoms with Crippen molar-refractivity contribution in [3.05, 3.63) is 23.7 Å². The van der Waals surface area contributed by atoms with Crippen molar-refractivity contribution in [2.24, 2.45) is 0 Å². The van der Waals surface area contributed by atoms with E-state index in [0.29, 0.717) is 25.2 Å². The molecule has 2 fully saturated rings. The Morgan fingerprint density at radius 2 is 1.97 bits per heavy atom. The van der Waals surface area contributed by atoms with E-state index in [1.54, 1.807) is 22.9 Å². The molecule has 2 aromatic rings. The molecule has 2 saturated heterocycles. The van der Waals surface area contributed by atoms with Crippen LogP contribution in [0.15, 0.2) is 12.4 Å². The van der Waals surface area contributed by atoms with Crippen molar-refractivity contribution >= 4 is 11.9 Å². The van der Waals surface area contributed by atoms with Gasteiger partial charge in [-0.2, -0.15) is 18.3 Å². The Bertz CT molecular complexity index is 953. The first-order chi connectivity index (χ1) is 14.8. The van der Waals surface area contributed by atoms with Crippen molar-refractivity contribution in [3.8, 4) is 11.3 Å². The number of anilines is 1. The standard InChI is InChI=1S/C20H26F3N7O/c1-3-15-17(26-19(30-7-4-13(30)2)27-18(15)20(21,22)23)14-10-25-29(11-14)12-16(31)28-8-5-24-6-9-28/h10-11,13,24H,3-9,12H2,1-2H3/t13-/m0/s1. The molecule has 2 aromatic heterocycles. The van der Waals surface area contributed by atoms with Gasteiger partial charge in [0.2, 0.25) is 11.9 Å². The van der Waals surface area contributed by atoms with Crippen molar-refractivity contribution in [2.45, 2.75) is 45.5 Å². The van der Waals surface area contributed by atoms with E-state index in [1.807, 2.05) is 6.92 Å². The summed E-state index contributed by atoms with van der Waals surface area (Å²) >= 11 is 0. The van der Waals surface area contributed by atoms with Crippen molar-refractivity contribution < 1.29 is 18.0 Å². The van der Waals surface area contributed by atoms with Crippen LogP contribution in [0.1, 0.15) is 31.5 Å². The van der Waals surface area contributed by atoms with E-state index in [4.69, 9.17) is 0 Å². The lowest BCUT2D eigenvalue weighted by Crippen LogP contribution is -2.47. The van der Waals surface area contributed by atoms with E-state index < -0.39 is 11.9 Å². The Balaban J connectivity index is 1.66. The summed E-state index contributed by atoms with van der Waals surface area (Å²) in [7, 11) is 0. The molecule has 0 unspecified atom stereocenters. The monoisotopic (exact) mass is 437 g/mol. The van der Waals surface area contributed by atoms with Gasteiger partial charge in [0.25, 0.3) is 0 Å². The number of nitrogens with zero attached hydrogens (tertiary/aromatic N) is 6. The summed E-state index contributed by atoms with van der Waals surface area (Å²) in [5.41, 5.74) is -0.191. The largest absolute Gasteiger partial charge is 0.433 e. The van der Waals surface area contributed by atoms with E-state index in [2.05, 4.69) is 20.4 Å². The van der Waals surface area contributed by atoms with Crippen LogP contribution in [0.2, 0.25) is 0 Å². The van der Waals surface area contributed by atoms with E-state index in [0.717, 1.165) is 19.5 Å². The number of nitrogens with one attached hydrogen (secondary N) is 1. The Kier molecular flexibility index (Phi) is 5.87. The molecule has 2 aliphatic rings. The van der Waals surface area contributed by atoms with Gasteiger partial charge in [-0.15, -0.1) is 0 Å². The normalized spacial score (nSPS) is 19.5. The summed E-state index contributed by atoms with van der Waals surface area (Å²) in [6, 6.07) is 0.0980. The Hall–Kier alpha value is -2.69. The number of aromatic nitrogens is 4. The highest BCUT2D eigenvalue weighted by Crippen LogP contribution is 2.37. The summed E-state index contributed by atoms with van der Waals surface area (Å²) in [4.78, 5) is 24.4. The minimum Gasteiger partial charge on any atom is -0.339 e. The number of hydrogen-bond acceptors (Lipinski definition) is 6. The lowest BCUT2D eigenvalue weighted by Gasteiger charge is -2.39. The lowest BCUT2D eigenvalue weighted by atomic mass is 10.0. The van der Waals surface area contributed by atoms with E-state index in [-0.39, 0.29) is 42.1 Å². The number of amides is 1. The molecular weight excluding hydrogens is 411 g/mol. The van der Waals surface area contributed by atoms with Crippen LogP contribution >= 0.6 is 0 Å². The second-order valence-electron chi connectivity index (χ2n) is 7.94. The van der Waals surface area contributed by atoms with Gasteiger partial charge in [0.05, 0.1) is 11.9 Å². The molecule has 0 radical (unpaired) electrons. The average molecular weight is 437 g/mol. The van der Waals surface area contributed by atoms with Crippen molar-refractivity contribution in [3.63, 3.8) is 0 Å². The lowest BCUT2D eigenvalue weighted by molar-refractivity contribution is -0.141. The van der Waals surface area contributed by atoms with Gasteiger partial charge in [-0.25, -0.2) is 9.97 Å². The molecule has 8 nitrogen and oxygen atoms in total.